The topological polar surface area (TPSA) is 59.8 Å². The molecule has 0 aliphatic rings. The Labute approximate surface area is 144 Å². The second-order valence-corrected chi connectivity index (χ2v) is 5.56. The zero-order valence-electron chi connectivity index (χ0n) is 12.8. The Bertz CT molecular complexity index is 842. The summed E-state index contributed by atoms with van der Waals surface area (Å²) in [6, 6.07) is 14.9. The number of halogens is 1. The van der Waals surface area contributed by atoms with Gasteiger partial charge in [0.15, 0.2) is 0 Å². The van der Waals surface area contributed by atoms with Crippen molar-refractivity contribution in [2.75, 3.05) is 5.32 Å². The Balaban J connectivity index is 1.69. The van der Waals surface area contributed by atoms with Gasteiger partial charge in [-0.05, 0) is 35.4 Å². The van der Waals surface area contributed by atoms with Gasteiger partial charge < -0.3 is 5.32 Å². The van der Waals surface area contributed by atoms with E-state index in [0.717, 1.165) is 16.8 Å². The van der Waals surface area contributed by atoms with Crippen LogP contribution in [0.1, 0.15) is 11.1 Å². The molecule has 0 bridgehead atoms. The molecule has 3 rings (SSSR count). The van der Waals surface area contributed by atoms with E-state index in [1.165, 1.54) is 12.4 Å². The number of aromatic nitrogens is 3. The van der Waals surface area contributed by atoms with Gasteiger partial charge >= 0.3 is 0 Å². The molecular formula is C18H15ClN4O. The van der Waals surface area contributed by atoms with Crippen LogP contribution in [0.3, 0.4) is 0 Å². The van der Waals surface area contributed by atoms with Gasteiger partial charge in [-0.3, -0.25) is 4.79 Å². The Morgan fingerprint density at radius 1 is 1.17 bits per heavy atom. The minimum absolute atomic E-state index is 0.198. The van der Waals surface area contributed by atoms with E-state index in [0.29, 0.717) is 11.6 Å². The summed E-state index contributed by atoms with van der Waals surface area (Å²) in [6.07, 6.45) is 6.36. The highest BCUT2D eigenvalue weighted by atomic mass is 35.5. The van der Waals surface area contributed by atoms with Gasteiger partial charge in [-0.25, -0.2) is 9.67 Å². The van der Waals surface area contributed by atoms with Crippen LogP contribution in [0.4, 0.5) is 5.69 Å². The molecule has 0 unspecified atom stereocenters. The molecule has 0 saturated carbocycles. The van der Waals surface area contributed by atoms with Crippen LogP contribution >= 0.6 is 11.6 Å². The number of anilines is 1. The predicted molar refractivity (Wildman–Crippen MR) is 94.7 cm³/mol. The molecule has 1 heterocycles. The lowest BCUT2D eigenvalue weighted by atomic mass is 10.1. The maximum atomic E-state index is 12.1. The van der Waals surface area contributed by atoms with Gasteiger partial charge in [0.2, 0.25) is 5.91 Å². The molecule has 1 amide bonds. The number of hydrogen-bond acceptors (Lipinski definition) is 3. The summed E-state index contributed by atoms with van der Waals surface area (Å²) < 4.78 is 1.70. The summed E-state index contributed by atoms with van der Waals surface area (Å²) in [4.78, 5) is 16.1. The van der Waals surface area contributed by atoms with Gasteiger partial charge in [0, 0.05) is 16.8 Å². The standard InChI is InChI=1S/C18H15ClN4O/c19-16-8-5-14(6-9-16)7-10-18(24)22-17-4-2-1-3-15(17)11-23-13-20-12-21-23/h1-10,12-13H,11H2,(H,22,24)/b10-7-. The van der Waals surface area contributed by atoms with Crippen LogP contribution in [0, 0.1) is 0 Å². The summed E-state index contributed by atoms with van der Waals surface area (Å²) in [7, 11) is 0. The van der Waals surface area contributed by atoms with Crippen LogP contribution in [0.5, 0.6) is 0 Å². The van der Waals surface area contributed by atoms with Crippen molar-refractivity contribution in [1.82, 2.24) is 14.8 Å². The second kappa shape index (κ2) is 7.57. The predicted octanol–water partition coefficient (Wildman–Crippen LogP) is 3.63. The van der Waals surface area contributed by atoms with Crippen molar-refractivity contribution in [3.63, 3.8) is 0 Å². The molecule has 0 radical (unpaired) electrons. The fourth-order valence-electron chi connectivity index (χ4n) is 2.19. The number of carbonyl (C=O) groups excluding carboxylic acids is 1. The first-order valence-electron chi connectivity index (χ1n) is 7.36. The SMILES string of the molecule is O=C(/C=C\c1ccc(Cl)cc1)Nc1ccccc1Cn1cncn1. The lowest BCUT2D eigenvalue weighted by molar-refractivity contribution is -0.111. The van der Waals surface area contributed by atoms with Gasteiger partial charge in [0.1, 0.15) is 12.7 Å². The molecule has 6 heteroatoms. The van der Waals surface area contributed by atoms with Crippen LogP contribution in [-0.2, 0) is 11.3 Å². The fourth-order valence-corrected chi connectivity index (χ4v) is 2.32. The molecule has 5 nitrogen and oxygen atoms in total. The maximum absolute atomic E-state index is 12.1. The highest BCUT2D eigenvalue weighted by molar-refractivity contribution is 6.30. The zero-order chi connectivity index (χ0) is 16.8. The molecule has 0 atom stereocenters. The van der Waals surface area contributed by atoms with Crippen LogP contribution in [0.2, 0.25) is 5.02 Å². The Hall–Kier alpha value is -2.92. The maximum Gasteiger partial charge on any atom is 0.248 e. The molecule has 0 spiro atoms. The molecule has 0 saturated heterocycles. The number of para-hydroxylation sites is 1. The quantitative estimate of drug-likeness (QED) is 0.723. The lowest BCUT2D eigenvalue weighted by Crippen LogP contribution is -2.11. The minimum Gasteiger partial charge on any atom is -0.322 e. The van der Waals surface area contributed by atoms with E-state index in [1.54, 1.807) is 29.2 Å². The molecular weight excluding hydrogens is 324 g/mol. The van der Waals surface area contributed by atoms with Crippen LogP contribution < -0.4 is 5.32 Å². The Morgan fingerprint density at radius 3 is 2.71 bits per heavy atom. The van der Waals surface area contributed by atoms with E-state index in [9.17, 15) is 4.79 Å². The highest BCUT2D eigenvalue weighted by Gasteiger charge is 2.05. The first-order valence-corrected chi connectivity index (χ1v) is 7.73. The number of benzene rings is 2. The molecule has 24 heavy (non-hydrogen) atoms. The van der Waals surface area contributed by atoms with Crippen molar-refractivity contribution in [2.45, 2.75) is 6.54 Å². The third kappa shape index (κ3) is 4.30. The Kier molecular flexibility index (Phi) is 5.03. The Morgan fingerprint density at radius 2 is 1.96 bits per heavy atom. The smallest absolute Gasteiger partial charge is 0.248 e. The van der Waals surface area contributed by atoms with Crippen molar-refractivity contribution in [2.24, 2.45) is 0 Å². The van der Waals surface area contributed by atoms with Crippen LogP contribution in [0.25, 0.3) is 6.08 Å². The van der Waals surface area contributed by atoms with Gasteiger partial charge in [-0.15, -0.1) is 0 Å². The average molecular weight is 339 g/mol. The van der Waals surface area contributed by atoms with Crippen LogP contribution in [-0.4, -0.2) is 20.7 Å². The summed E-state index contributed by atoms with van der Waals surface area (Å²) in [5.74, 6) is -0.198. The largest absolute Gasteiger partial charge is 0.322 e. The number of nitrogens with zero attached hydrogens (tertiary/aromatic N) is 3. The average Bonchev–Trinajstić information content (AvgIpc) is 3.09. The molecule has 120 valence electrons. The van der Waals surface area contributed by atoms with E-state index >= 15 is 0 Å². The third-order valence-corrected chi connectivity index (χ3v) is 3.62. The minimum atomic E-state index is -0.198. The highest BCUT2D eigenvalue weighted by Crippen LogP contribution is 2.16. The van der Waals surface area contributed by atoms with E-state index in [1.807, 2.05) is 36.4 Å². The van der Waals surface area contributed by atoms with Crippen molar-refractivity contribution in [3.05, 3.63) is 83.4 Å². The first-order chi connectivity index (χ1) is 11.7. The summed E-state index contributed by atoms with van der Waals surface area (Å²) in [5.41, 5.74) is 2.61. The summed E-state index contributed by atoms with van der Waals surface area (Å²) in [6.45, 7) is 0.539. The van der Waals surface area contributed by atoms with Crippen molar-refractivity contribution in [1.29, 1.82) is 0 Å². The van der Waals surface area contributed by atoms with E-state index in [-0.39, 0.29) is 5.91 Å². The lowest BCUT2D eigenvalue weighted by Gasteiger charge is -2.09. The van der Waals surface area contributed by atoms with Gasteiger partial charge in [0.05, 0.1) is 6.54 Å². The molecule has 0 aliphatic heterocycles. The molecule has 0 fully saturated rings. The second-order valence-electron chi connectivity index (χ2n) is 5.12. The molecule has 3 aromatic rings. The molecule has 0 aliphatic carbocycles. The van der Waals surface area contributed by atoms with Crippen molar-refractivity contribution < 1.29 is 4.79 Å². The molecule has 1 aromatic heterocycles. The number of hydrogen-bond donors (Lipinski definition) is 1. The fraction of sp³-hybridized carbons (Fsp3) is 0.0556. The van der Waals surface area contributed by atoms with Gasteiger partial charge in [-0.2, -0.15) is 5.10 Å². The third-order valence-electron chi connectivity index (χ3n) is 3.37. The van der Waals surface area contributed by atoms with E-state index in [4.69, 9.17) is 11.6 Å². The molecule has 1 N–H and O–H groups in total. The number of rotatable bonds is 5. The normalized spacial score (nSPS) is 10.9. The zero-order valence-corrected chi connectivity index (χ0v) is 13.5. The van der Waals surface area contributed by atoms with Crippen LogP contribution in [0.15, 0.2) is 67.3 Å². The summed E-state index contributed by atoms with van der Waals surface area (Å²) in [5, 5.41) is 7.64. The number of carbonyl (C=O) groups is 1. The monoisotopic (exact) mass is 338 g/mol. The van der Waals surface area contributed by atoms with E-state index < -0.39 is 0 Å². The van der Waals surface area contributed by atoms with E-state index in [2.05, 4.69) is 15.4 Å². The number of amides is 1. The summed E-state index contributed by atoms with van der Waals surface area (Å²) >= 11 is 5.84. The first kappa shape index (κ1) is 16.0. The molecule has 2 aromatic carbocycles. The van der Waals surface area contributed by atoms with Gasteiger partial charge in [-0.1, -0.05) is 41.9 Å². The van der Waals surface area contributed by atoms with Gasteiger partial charge in [0.25, 0.3) is 0 Å². The van der Waals surface area contributed by atoms with Crippen molar-refractivity contribution in [3.8, 4) is 0 Å². The number of nitrogens with one attached hydrogen (secondary N) is 1. The van der Waals surface area contributed by atoms with Crippen molar-refractivity contribution >= 4 is 29.3 Å².